The van der Waals surface area contributed by atoms with E-state index in [2.05, 4.69) is 108 Å². The summed E-state index contributed by atoms with van der Waals surface area (Å²) < 4.78 is 0. The number of imide groups is 1. The predicted molar refractivity (Wildman–Crippen MR) is 170 cm³/mol. The summed E-state index contributed by atoms with van der Waals surface area (Å²) in [6.45, 7) is 0.769. The number of amides is 2. The first-order valence-corrected chi connectivity index (χ1v) is 15.0. The highest BCUT2D eigenvalue weighted by atomic mass is 32.1. The Bertz CT molecular complexity index is 1360. The molecule has 0 spiro atoms. The second-order valence-electron chi connectivity index (χ2n) is 10.9. The number of thiol groups is 1. The van der Waals surface area contributed by atoms with Gasteiger partial charge in [0.2, 0.25) is 0 Å². The molecule has 0 saturated carbocycles. The monoisotopic (exact) mass is 562 g/mol. The summed E-state index contributed by atoms with van der Waals surface area (Å²) in [6.07, 6.45) is 6.02. The van der Waals surface area contributed by atoms with Gasteiger partial charge in [-0.1, -0.05) is 122 Å². The molecule has 0 fully saturated rings. The van der Waals surface area contributed by atoms with Crippen molar-refractivity contribution in [1.29, 1.82) is 0 Å². The number of likely N-dealkylation sites (N-methyl/N-ethyl adjacent to an activating group) is 1. The van der Waals surface area contributed by atoms with E-state index >= 15 is 0 Å². The van der Waals surface area contributed by atoms with E-state index in [0.29, 0.717) is 17.5 Å². The van der Waals surface area contributed by atoms with Gasteiger partial charge >= 0.3 is 0 Å². The molecule has 5 rings (SSSR count). The summed E-state index contributed by atoms with van der Waals surface area (Å²) in [7, 11) is 2.08. The van der Waals surface area contributed by atoms with Crippen LogP contribution in [0.2, 0.25) is 0 Å². The maximum Gasteiger partial charge on any atom is 0.259 e. The van der Waals surface area contributed by atoms with Crippen LogP contribution < -0.4 is 5.32 Å². The van der Waals surface area contributed by atoms with Gasteiger partial charge in [-0.25, -0.2) is 0 Å². The molecular weight excluding hydrogens is 524 g/mol. The second kappa shape index (κ2) is 13.3. The molecule has 1 unspecified atom stereocenters. The van der Waals surface area contributed by atoms with Crippen molar-refractivity contribution in [3.05, 3.63) is 143 Å². The van der Waals surface area contributed by atoms with Gasteiger partial charge in [-0.3, -0.25) is 19.8 Å². The van der Waals surface area contributed by atoms with E-state index in [-0.39, 0.29) is 22.6 Å². The smallest absolute Gasteiger partial charge is 0.259 e. The van der Waals surface area contributed by atoms with Crippen LogP contribution in [0.5, 0.6) is 0 Å². The van der Waals surface area contributed by atoms with Crippen LogP contribution in [0.25, 0.3) is 0 Å². The van der Waals surface area contributed by atoms with Gasteiger partial charge in [0.05, 0.1) is 16.5 Å². The number of carbonyl (C=O) groups is 2. The van der Waals surface area contributed by atoms with Gasteiger partial charge in [0.25, 0.3) is 11.8 Å². The lowest BCUT2D eigenvalue weighted by molar-refractivity contribution is 0.0879. The Morgan fingerprint density at radius 1 is 0.707 bits per heavy atom. The number of rotatable bonds is 13. The molecular formula is C36H38N2O2S. The Hall–Kier alpha value is -3.67. The van der Waals surface area contributed by atoms with E-state index in [0.717, 1.165) is 44.2 Å². The van der Waals surface area contributed by atoms with Gasteiger partial charge in [-0.05, 0) is 54.6 Å². The highest BCUT2D eigenvalue weighted by molar-refractivity contribution is 7.80. The van der Waals surface area contributed by atoms with Crippen molar-refractivity contribution >= 4 is 24.4 Å². The minimum absolute atomic E-state index is 0.129. The Balaban J connectivity index is 1.20. The fourth-order valence-electron chi connectivity index (χ4n) is 6.16. The largest absolute Gasteiger partial charge is 0.294 e. The van der Waals surface area contributed by atoms with Gasteiger partial charge < -0.3 is 0 Å². The number of nitrogens with one attached hydrogen (secondary N) is 1. The summed E-state index contributed by atoms with van der Waals surface area (Å²) in [6, 6.07) is 38.2. The molecule has 4 nitrogen and oxygen atoms in total. The molecule has 1 heterocycles. The first-order chi connectivity index (χ1) is 20.0. The fourth-order valence-corrected chi connectivity index (χ4v) is 6.46. The topological polar surface area (TPSA) is 49.4 Å². The van der Waals surface area contributed by atoms with Crippen LogP contribution in [-0.2, 0) is 11.8 Å². The Labute approximate surface area is 249 Å². The summed E-state index contributed by atoms with van der Waals surface area (Å²) in [5.41, 5.74) is 5.70. The average molecular weight is 563 g/mol. The number of hydrogen-bond donors (Lipinski definition) is 2. The summed E-state index contributed by atoms with van der Waals surface area (Å²) in [5.74, 6) is -0.591. The molecule has 210 valence electrons. The maximum atomic E-state index is 12.3. The summed E-state index contributed by atoms with van der Waals surface area (Å²) in [5, 5.41) is 2.54. The van der Waals surface area contributed by atoms with E-state index < -0.39 is 0 Å². The van der Waals surface area contributed by atoms with Crippen LogP contribution in [0.4, 0.5) is 0 Å². The molecule has 0 radical (unpaired) electrons. The molecule has 41 heavy (non-hydrogen) atoms. The van der Waals surface area contributed by atoms with Gasteiger partial charge in [0.1, 0.15) is 0 Å². The van der Waals surface area contributed by atoms with Crippen LogP contribution in [0, 0.1) is 0 Å². The summed E-state index contributed by atoms with van der Waals surface area (Å²) in [4.78, 5) is 26.5. The van der Waals surface area contributed by atoms with Crippen molar-refractivity contribution in [3.63, 3.8) is 0 Å². The van der Waals surface area contributed by atoms with E-state index in [9.17, 15) is 9.59 Å². The highest BCUT2D eigenvalue weighted by Gasteiger charge is 2.35. The quantitative estimate of drug-likeness (QED) is 0.0592. The molecule has 0 saturated heterocycles. The molecule has 0 bridgehead atoms. The number of benzene rings is 4. The van der Waals surface area contributed by atoms with Gasteiger partial charge in [-0.15, -0.1) is 0 Å². The minimum Gasteiger partial charge on any atom is -0.294 e. The van der Waals surface area contributed by atoms with Crippen molar-refractivity contribution in [2.75, 3.05) is 13.6 Å². The van der Waals surface area contributed by atoms with E-state index in [1.807, 2.05) is 12.1 Å². The highest BCUT2D eigenvalue weighted by Crippen LogP contribution is 2.43. The normalized spacial score (nSPS) is 13.7. The zero-order chi connectivity index (χ0) is 28.7. The van der Waals surface area contributed by atoms with Crippen molar-refractivity contribution in [1.82, 2.24) is 10.2 Å². The third-order valence-electron chi connectivity index (χ3n) is 8.41. The maximum absolute atomic E-state index is 12.3. The Morgan fingerprint density at radius 3 is 1.83 bits per heavy atom. The Kier molecular flexibility index (Phi) is 9.38. The van der Waals surface area contributed by atoms with Crippen molar-refractivity contribution in [2.24, 2.45) is 0 Å². The molecule has 1 N–H and O–H groups in total. The fraction of sp³-hybridized carbons (Fsp3) is 0.278. The zero-order valence-corrected chi connectivity index (χ0v) is 24.5. The van der Waals surface area contributed by atoms with Crippen molar-refractivity contribution in [2.45, 2.75) is 49.3 Å². The van der Waals surface area contributed by atoms with Crippen molar-refractivity contribution < 1.29 is 9.59 Å². The van der Waals surface area contributed by atoms with Crippen molar-refractivity contribution in [3.8, 4) is 0 Å². The first kappa shape index (κ1) is 28.8. The van der Waals surface area contributed by atoms with Crippen LogP contribution in [-0.4, -0.2) is 35.7 Å². The second-order valence-corrected chi connectivity index (χ2v) is 11.5. The Morgan fingerprint density at radius 2 is 1.27 bits per heavy atom. The van der Waals surface area contributed by atoms with E-state index in [4.69, 9.17) is 12.6 Å². The first-order valence-electron chi connectivity index (χ1n) is 14.5. The van der Waals surface area contributed by atoms with E-state index in [1.165, 1.54) is 16.7 Å². The number of unbranched alkanes of at least 4 members (excludes halogenated alkanes) is 2. The van der Waals surface area contributed by atoms with Gasteiger partial charge in [0.15, 0.2) is 0 Å². The van der Waals surface area contributed by atoms with Gasteiger partial charge in [0, 0.05) is 12.0 Å². The molecule has 4 aromatic rings. The van der Waals surface area contributed by atoms with E-state index in [1.54, 1.807) is 6.07 Å². The van der Waals surface area contributed by atoms with Crippen LogP contribution in [0.1, 0.15) is 75.1 Å². The van der Waals surface area contributed by atoms with Crippen LogP contribution in [0.15, 0.2) is 109 Å². The zero-order valence-electron chi connectivity index (χ0n) is 23.6. The standard InChI is InChI=1S/C36H38N2O2S/c1-38(26-24-27-15-14-22-31-33(27)35(40)37-34(31)39)32(41)23-12-5-13-25-36(28-16-6-2-7-17-28,29-18-8-3-9-19-29)30-20-10-4-11-21-30/h2-4,6-11,14-22,32,41H,5,12-13,23-26H2,1H3,(H,37,39,40). The lowest BCUT2D eigenvalue weighted by atomic mass is 9.66. The molecule has 2 amide bonds. The molecule has 0 aromatic heterocycles. The third kappa shape index (κ3) is 6.32. The molecule has 4 aromatic carbocycles. The number of carbonyl (C=O) groups excluding carboxylic acids is 2. The number of fused-ring (bicyclic) bond motifs is 1. The molecule has 1 aliphatic rings. The SMILES string of the molecule is CN(CCc1cccc2c1C(=O)NC2=O)C(S)CCCCCC(c1ccccc1)(c1ccccc1)c1ccccc1. The lowest BCUT2D eigenvalue weighted by Gasteiger charge is -2.36. The summed E-state index contributed by atoms with van der Waals surface area (Å²) >= 11 is 4.91. The molecule has 0 aliphatic carbocycles. The average Bonchev–Trinajstić information content (AvgIpc) is 3.32. The van der Waals surface area contributed by atoms with Crippen LogP contribution >= 0.6 is 12.6 Å². The number of hydrogen-bond acceptors (Lipinski definition) is 4. The predicted octanol–water partition coefficient (Wildman–Crippen LogP) is 7.29. The third-order valence-corrected chi connectivity index (χ3v) is 9.06. The minimum atomic E-state index is -0.303. The number of nitrogens with zero attached hydrogens (tertiary/aromatic N) is 1. The molecule has 1 atom stereocenters. The van der Waals surface area contributed by atoms with Crippen LogP contribution in [0.3, 0.4) is 0 Å². The van der Waals surface area contributed by atoms with Gasteiger partial charge in [-0.2, -0.15) is 12.6 Å². The molecule has 5 heteroatoms. The lowest BCUT2D eigenvalue weighted by Crippen LogP contribution is -2.30. The molecule has 1 aliphatic heterocycles.